The molecule has 0 aliphatic rings. The third-order valence-electron chi connectivity index (χ3n) is 2.93. The highest BCUT2D eigenvalue weighted by Gasteiger charge is 2.37. The van der Waals surface area contributed by atoms with Gasteiger partial charge in [0, 0.05) is 0 Å². The number of aliphatic hydroxyl groups is 1. The molecule has 0 aliphatic heterocycles. The number of aliphatic carboxylic acids is 1. The summed E-state index contributed by atoms with van der Waals surface area (Å²) in [7, 11) is 0. The number of hydrogen-bond acceptors (Lipinski definition) is 2. The van der Waals surface area contributed by atoms with Gasteiger partial charge in [0.25, 0.3) is 0 Å². The highest BCUT2D eigenvalue weighted by molar-refractivity contribution is 5.71. The van der Waals surface area contributed by atoms with Gasteiger partial charge in [-0.25, -0.2) is 0 Å². The molecule has 0 aromatic carbocycles. The monoisotopic (exact) mass is 202 g/mol. The van der Waals surface area contributed by atoms with Crippen LogP contribution in [-0.4, -0.2) is 21.8 Å². The van der Waals surface area contributed by atoms with Crippen LogP contribution in [0.15, 0.2) is 0 Å². The van der Waals surface area contributed by atoms with Crippen LogP contribution in [0.1, 0.15) is 52.9 Å². The van der Waals surface area contributed by atoms with Crippen molar-refractivity contribution >= 4 is 5.97 Å². The first-order chi connectivity index (χ1) is 6.51. The van der Waals surface area contributed by atoms with Crippen LogP contribution >= 0.6 is 0 Å². The lowest BCUT2D eigenvalue weighted by Gasteiger charge is -2.32. The second-order valence-corrected chi connectivity index (χ2v) is 3.86. The molecule has 0 spiro atoms. The Morgan fingerprint density at radius 1 is 1.36 bits per heavy atom. The summed E-state index contributed by atoms with van der Waals surface area (Å²) >= 11 is 0. The molecule has 3 nitrogen and oxygen atoms in total. The van der Waals surface area contributed by atoms with E-state index in [4.69, 9.17) is 5.11 Å². The van der Waals surface area contributed by atoms with E-state index in [0.717, 1.165) is 12.8 Å². The van der Waals surface area contributed by atoms with Crippen LogP contribution in [0.5, 0.6) is 0 Å². The zero-order valence-corrected chi connectivity index (χ0v) is 9.42. The summed E-state index contributed by atoms with van der Waals surface area (Å²) in [6.45, 7) is 5.70. The van der Waals surface area contributed by atoms with Gasteiger partial charge in [0.2, 0.25) is 0 Å². The molecular weight excluding hydrogens is 180 g/mol. The molecule has 0 heterocycles. The second kappa shape index (κ2) is 6.02. The van der Waals surface area contributed by atoms with Crippen molar-refractivity contribution in [3.63, 3.8) is 0 Å². The van der Waals surface area contributed by atoms with Gasteiger partial charge in [-0.3, -0.25) is 4.79 Å². The van der Waals surface area contributed by atoms with Gasteiger partial charge >= 0.3 is 5.97 Å². The van der Waals surface area contributed by atoms with E-state index in [1.54, 1.807) is 0 Å². The highest BCUT2D eigenvalue weighted by atomic mass is 16.4. The van der Waals surface area contributed by atoms with Gasteiger partial charge in [-0.15, -0.1) is 0 Å². The molecule has 0 amide bonds. The summed E-state index contributed by atoms with van der Waals surface area (Å²) in [5, 5.41) is 19.2. The Bertz CT molecular complexity index is 179. The Hall–Kier alpha value is -0.570. The third kappa shape index (κ3) is 3.29. The van der Waals surface area contributed by atoms with Gasteiger partial charge in [0.1, 0.15) is 0 Å². The molecule has 0 radical (unpaired) electrons. The van der Waals surface area contributed by atoms with E-state index >= 15 is 0 Å². The lowest BCUT2D eigenvalue weighted by Crippen LogP contribution is -2.41. The standard InChI is InChI=1S/C11H22O3/c1-4-7-8-11(14,6-3)9(5-2)10(12)13/h9,14H,4-8H2,1-3H3,(H,12,13). The molecule has 0 rings (SSSR count). The quantitative estimate of drug-likeness (QED) is 0.666. The fraction of sp³-hybridized carbons (Fsp3) is 0.909. The lowest BCUT2D eigenvalue weighted by molar-refractivity contribution is -0.153. The lowest BCUT2D eigenvalue weighted by atomic mass is 9.79. The largest absolute Gasteiger partial charge is 0.481 e. The maximum absolute atomic E-state index is 10.9. The Balaban J connectivity index is 4.53. The molecule has 0 aliphatic carbocycles. The van der Waals surface area contributed by atoms with Crippen molar-refractivity contribution < 1.29 is 15.0 Å². The van der Waals surface area contributed by atoms with Crippen molar-refractivity contribution in [1.82, 2.24) is 0 Å². The predicted molar refractivity (Wildman–Crippen MR) is 56.2 cm³/mol. The number of unbranched alkanes of at least 4 members (excludes halogenated alkanes) is 1. The van der Waals surface area contributed by atoms with E-state index in [1.165, 1.54) is 0 Å². The van der Waals surface area contributed by atoms with Gasteiger partial charge in [0.15, 0.2) is 0 Å². The SMILES string of the molecule is CCCCC(O)(CC)C(CC)C(=O)O. The summed E-state index contributed by atoms with van der Waals surface area (Å²) in [6, 6.07) is 0. The van der Waals surface area contributed by atoms with Crippen molar-refractivity contribution in [2.45, 2.75) is 58.5 Å². The van der Waals surface area contributed by atoms with Crippen molar-refractivity contribution in [2.75, 3.05) is 0 Å². The zero-order valence-electron chi connectivity index (χ0n) is 9.42. The highest BCUT2D eigenvalue weighted by Crippen LogP contribution is 2.30. The zero-order chi connectivity index (χ0) is 11.2. The van der Waals surface area contributed by atoms with E-state index in [9.17, 15) is 9.90 Å². The van der Waals surface area contributed by atoms with Crippen LogP contribution in [0.4, 0.5) is 0 Å². The van der Waals surface area contributed by atoms with Crippen LogP contribution in [0, 0.1) is 5.92 Å². The van der Waals surface area contributed by atoms with Crippen LogP contribution in [0.3, 0.4) is 0 Å². The summed E-state index contributed by atoms with van der Waals surface area (Å²) < 4.78 is 0. The van der Waals surface area contributed by atoms with Gasteiger partial charge in [-0.1, -0.05) is 33.6 Å². The average Bonchev–Trinajstić information content (AvgIpc) is 2.15. The van der Waals surface area contributed by atoms with Crippen LogP contribution in [0.25, 0.3) is 0 Å². The van der Waals surface area contributed by atoms with E-state index in [1.807, 2.05) is 20.8 Å². The van der Waals surface area contributed by atoms with Gasteiger partial charge in [-0.2, -0.15) is 0 Å². The normalized spacial score (nSPS) is 17.4. The number of carboxylic acids is 1. The summed E-state index contributed by atoms with van der Waals surface area (Å²) in [5.41, 5.74) is -1.02. The molecule has 0 aromatic rings. The molecule has 0 bridgehead atoms. The van der Waals surface area contributed by atoms with Crippen molar-refractivity contribution in [2.24, 2.45) is 5.92 Å². The summed E-state index contributed by atoms with van der Waals surface area (Å²) in [5.74, 6) is -1.51. The number of hydrogen-bond donors (Lipinski definition) is 2. The van der Waals surface area contributed by atoms with Gasteiger partial charge < -0.3 is 10.2 Å². The minimum atomic E-state index is -1.02. The topological polar surface area (TPSA) is 57.5 Å². The van der Waals surface area contributed by atoms with Gasteiger partial charge in [-0.05, 0) is 19.3 Å². The molecule has 2 N–H and O–H groups in total. The Labute approximate surface area is 86.1 Å². The van der Waals surface area contributed by atoms with Crippen LogP contribution < -0.4 is 0 Å². The maximum Gasteiger partial charge on any atom is 0.309 e. The van der Waals surface area contributed by atoms with Crippen LogP contribution in [-0.2, 0) is 4.79 Å². The third-order valence-corrected chi connectivity index (χ3v) is 2.93. The predicted octanol–water partition coefficient (Wildman–Crippen LogP) is 2.43. The molecule has 0 fully saturated rings. The molecule has 84 valence electrons. The summed E-state index contributed by atoms with van der Waals surface area (Å²) in [6.07, 6.45) is 3.46. The Kier molecular flexibility index (Phi) is 5.77. The van der Waals surface area contributed by atoms with E-state index in [2.05, 4.69) is 0 Å². The Morgan fingerprint density at radius 2 is 1.93 bits per heavy atom. The molecule has 0 aromatic heterocycles. The van der Waals surface area contributed by atoms with E-state index in [0.29, 0.717) is 19.3 Å². The van der Waals surface area contributed by atoms with Crippen molar-refractivity contribution in [3.8, 4) is 0 Å². The Morgan fingerprint density at radius 3 is 2.21 bits per heavy atom. The fourth-order valence-electron chi connectivity index (χ4n) is 1.86. The van der Waals surface area contributed by atoms with Crippen LogP contribution in [0.2, 0.25) is 0 Å². The fourth-order valence-corrected chi connectivity index (χ4v) is 1.86. The first kappa shape index (κ1) is 13.4. The van der Waals surface area contributed by atoms with E-state index < -0.39 is 17.5 Å². The number of rotatable bonds is 7. The van der Waals surface area contributed by atoms with E-state index in [-0.39, 0.29) is 0 Å². The minimum absolute atomic E-state index is 0.489. The smallest absolute Gasteiger partial charge is 0.309 e. The first-order valence-corrected chi connectivity index (χ1v) is 5.47. The molecule has 14 heavy (non-hydrogen) atoms. The molecule has 2 unspecified atom stereocenters. The summed E-state index contributed by atoms with van der Waals surface area (Å²) in [4.78, 5) is 10.9. The molecule has 0 saturated carbocycles. The van der Waals surface area contributed by atoms with Crippen molar-refractivity contribution in [1.29, 1.82) is 0 Å². The van der Waals surface area contributed by atoms with Crippen molar-refractivity contribution in [3.05, 3.63) is 0 Å². The maximum atomic E-state index is 10.9. The molecule has 3 heteroatoms. The molecule has 0 saturated heterocycles. The minimum Gasteiger partial charge on any atom is -0.481 e. The molecular formula is C11H22O3. The first-order valence-electron chi connectivity index (χ1n) is 5.47. The number of carbonyl (C=O) groups is 1. The second-order valence-electron chi connectivity index (χ2n) is 3.86. The van der Waals surface area contributed by atoms with Gasteiger partial charge in [0.05, 0.1) is 11.5 Å². The number of carboxylic acid groups (broad SMARTS) is 1. The molecule has 2 atom stereocenters. The average molecular weight is 202 g/mol.